The Balaban J connectivity index is 1.29. The first-order valence-electron chi connectivity index (χ1n) is 14.8. The number of hydrogen-bond donors (Lipinski definition) is 0. The molecule has 0 N–H and O–H groups in total. The molecule has 0 fully saturated rings. The van der Waals surface area contributed by atoms with Gasteiger partial charge in [0, 0.05) is 38.7 Å². The Morgan fingerprint density at radius 2 is 1.07 bits per heavy atom. The fourth-order valence-corrected chi connectivity index (χ4v) is 6.33. The molecule has 0 radical (unpaired) electrons. The first-order valence-corrected chi connectivity index (χ1v) is 14.8. The Morgan fingerprint density at radius 3 is 1.91 bits per heavy atom. The van der Waals surface area contributed by atoms with E-state index in [2.05, 4.69) is 120 Å². The molecule has 4 heteroatoms. The topological polar surface area (TPSA) is 43.9 Å². The summed E-state index contributed by atoms with van der Waals surface area (Å²) < 4.78 is 8.51. The minimum absolute atomic E-state index is 0.676. The smallest absolute Gasteiger partial charge is 0.162 e. The van der Waals surface area contributed by atoms with Gasteiger partial charge in [0.2, 0.25) is 0 Å². The van der Waals surface area contributed by atoms with Gasteiger partial charge in [0.1, 0.15) is 17.0 Å². The normalized spacial score (nSPS) is 11.6. The van der Waals surface area contributed by atoms with Crippen LogP contribution in [0.4, 0.5) is 0 Å². The van der Waals surface area contributed by atoms with Gasteiger partial charge in [0.05, 0.1) is 16.7 Å². The van der Waals surface area contributed by atoms with Gasteiger partial charge in [-0.05, 0) is 47.5 Å². The molecule has 6 aromatic carbocycles. The highest BCUT2D eigenvalue weighted by Gasteiger charge is 2.18. The van der Waals surface area contributed by atoms with Crippen LogP contribution in [0.2, 0.25) is 0 Å². The molecule has 0 aliphatic rings. The van der Waals surface area contributed by atoms with Crippen LogP contribution < -0.4 is 0 Å². The number of aromatic nitrogens is 3. The van der Waals surface area contributed by atoms with Gasteiger partial charge in [0.15, 0.2) is 5.82 Å². The van der Waals surface area contributed by atoms with E-state index >= 15 is 0 Å². The number of hydrogen-bond acceptors (Lipinski definition) is 3. The predicted octanol–water partition coefficient (Wildman–Crippen LogP) is 10.5. The third kappa shape index (κ3) is 3.92. The number of rotatable bonds is 4. The van der Waals surface area contributed by atoms with Crippen molar-refractivity contribution >= 4 is 43.7 Å². The first kappa shape index (κ1) is 24.6. The van der Waals surface area contributed by atoms with Gasteiger partial charge in [-0.1, -0.05) is 109 Å². The summed E-state index contributed by atoms with van der Waals surface area (Å²) in [6.45, 7) is 0. The SMILES string of the molecule is c1ccc(-c2ccc3c(c2)c2ccccc2n3-c2cc(-c3ccc4c(c3)oc3ccccc34)nc(-c3ccccc3)n2)cc1. The van der Waals surface area contributed by atoms with E-state index in [1.54, 1.807) is 0 Å². The lowest BCUT2D eigenvalue weighted by Gasteiger charge is -2.12. The molecule has 0 atom stereocenters. The largest absolute Gasteiger partial charge is 0.456 e. The molecule has 9 aromatic rings. The molecule has 0 saturated heterocycles. The standard InChI is InChI=1S/C40H25N3O/c1-3-11-26(12-4-1)28-20-22-36-33(23-28)30-15-7-9-17-35(30)43(36)39-25-34(41-40(42-39)27-13-5-2-6-14-27)29-19-21-32-31-16-8-10-18-37(31)44-38(32)24-29/h1-25H. The summed E-state index contributed by atoms with van der Waals surface area (Å²) in [5.74, 6) is 1.49. The van der Waals surface area contributed by atoms with Crippen molar-refractivity contribution in [1.82, 2.24) is 14.5 Å². The lowest BCUT2D eigenvalue weighted by atomic mass is 10.0. The van der Waals surface area contributed by atoms with Gasteiger partial charge in [0.25, 0.3) is 0 Å². The van der Waals surface area contributed by atoms with Crippen molar-refractivity contribution in [2.75, 3.05) is 0 Å². The predicted molar refractivity (Wildman–Crippen MR) is 180 cm³/mol. The van der Waals surface area contributed by atoms with Crippen LogP contribution in [0.15, 0.2) is 156 Å². The average molecular weight is 564 g/mol. The van der Waals surface area contributed by atoms with Gasteiger partial charge in [-0.2, -0.15) is 0 Å². The number of nitrogens with zero attached hydrogens (tertiary/aromatic N) is 3. The molecule has 0 aliphatic heterocycles. The van der Waals surface area contributed by atoms with E-state index in [-0.39, 0.29) is 0 Å². The van der Waals surface area contributed by atoms with E-state index in [1.807, 2.05) is 36.4 Å². The van der Waals surface area contributed by atoms with Gasteiger partial charge < -0.3 is 4.42 Å². The summed E-state index contributed by atoms with van der Waals surface area (Å²) in [6.07, 6.45) is 0. The zero-order chi connectivity index (χ0) is 29.0. The molecular formula is C40H25N3O. The van der Waals surface area contributed by atoms with E-state index in [0.717, 1.165) is 55.6 Å². The van der Waals surface area contributed by atoms with Crippen LogP contribution in [-0.2, 0) is 0 Å². The number of furan rings is 1. The molecule has 0 aliphatic carbocycles. The van der Waals surface area contributed by atoms with Gasteiger partial charge in [-0.25, -0.2) is 9.97 Å². The van der Waals surface area contributed by atoms with Crippen molar-refractivity contribution in [3.8, 4) is 39.6 Å². The monoisotopic (exact) mass is 563 g/mol. The van der Waals surface area contributed by atoms with E-state index in [9.17, 15) is 0 Å². The molecule has 0 saturated carbocycles. The van der Waals surface area contributed by atoms with Crippen molar-refractivity contribution in [3.63, 3.8) is 0 Å². The molecule has 3 aromatic heterocycles. The van der Waals surface area contributed by atoms with E-state index in [4.69, 9.17) is 14.4 Å². The second-order valence-corrected chi connectivity index (χ2v) is 11.1. The van der Waals surface area contributed by atoms with E-state index in [1.165, 1.54) is 21.9 Å². The van der Waals surface area contributed by atoms with Crippen LogP contribution in [0.5, 0.6) is 0 Å². The van der Waals surface area contributed by atoms with E-state index in [0.29, 0.717) is 5.82 Å². The van der Waals surface area contributed by atoms with Crippen LogP contribution in [0.3, 0.4) is 0 Å². The highest BCUT2D eigenvalue weighted by Crippen LogP contribution is 2.37. The Kier molecular flexibility index (Phi) is 5.47. The van der Waals surface area contributed by atoms with E-state index < -0.39 is 0 Å². The lowest BCUT2D eigenvalue weighted by Crippen LogP contribution is -2.02. The molecule has 4 nitrogen and oxygen atoms in total. The second-order valence-electron chi connectivity index (χ2n) is 11.1. The van der Waals surface area contributed by atoms with Crippen LogP contribution in [0.25, 0.3) is 83.3 Å². The maximum absolute atomic E-state index is 6.25. The van der Waals surface area contributed by atoms with Gasteiger partial charge in [-0.15, -0.1) is 0 Å². The lowest BCUT2D eigenvalue weighted by molar-refractivity contribution is 0.669. The highest BCUT2D eigenvalue weighted by atomic mass is 16.3. The summed E-state index contributed by atoms with van der Waals surface area (Å²) in [5.41, 5.74) is 9.09. The molecule has 44 heavy (non-hydrogen) atoms. The van der Waals surface area contributed by atoms with Gasteiger partial charge in [-0.3, -0.25) is 4.57 Å². The zero-order valence-corrected chi connectivity index (χ0v) is 23.7. The molecular weight excluding hydrogens is 538 g/mol. The molecule has 0 bridgehead atoms. The maximum Gasteiger partial charge on any atom is 0.162 e. The first-order chi connectivity index (χ1) is 21.8. The highest BCUT2D eigenvalue weighted by molar-refractivity contribution is 6.10. The minimum Gasteiger partial charge on any atom is -0.456 e. The Bertz CT molecular complexity index is 2490. The van der Waals surface area contributed by atoms with Crippen molar-refractivity contribution in [1.29, 1.82) is 0 Å². The van der Waals surface area contributed by atoms with Crippen LogP contribution in [0.1, 0.15) is 0 Å². The van der Waals surface area contributed by atoms with Crippen molar-refractivity contribution in [2.24, 2.45) is 0 Å². The molecule has 206 valence electrons. The Labute approximate surface area is 253 Å². The third-order valence-corrected chi connectivity index (χ3v) is 8.43. The van der Waals surface area contributed by atoms with Crippen LogP contribution >= 0.6 is 0 Å². The molecule has 0 amide bonds. The fourth-order valence-electron chi connectivity index (χ4n) is 6.33. The van der Waals surface area contributed by atoms with Crippen LogP contribution in [-0.4, -0.2) is 14.5 Å². The van der Waals surface area contributed by atoms with Crippen molar-refractivity contribution in [2.45, 2.75) is 0 Å². The summed E-state index contributed by atoms with van der Waals surface area (Å²) >= 11 is 0. The van der Waals surface area contributed by atoms with Crippen molar-refractivity contribution < 1.29 is 4.42 Å². The second kappa shape index (κ2) is 9.79. The molecule has 3 heterocycles. The van der Waals surface area contributed by atoms with Gasteiger partial charge >= 0.3 is 0 Å². The third-order valence-electron chi connectivity index (χ3n) is 8.43. The fraction of sp³-hybridized carbons (Fsp3) is 0. The summed E-state index contributed by atoms with van der Waals surface area (Å²) in [4.78, 5) is 10.3. The Morgan fingerprint density at radius 1 is 0.409 bits per heavy atom. The summed E-state index contributed by atoms with van der Waals surface area (Å²) in [6, 6.07) is 52.6. The minimum atomic E-state index is 0.676. The number of fused-ring (bicyclic) bond motifs is 6. The maximum atomic E-state index is 6.25. The summed E-state index contributed by atoms with van der Waals surface area (Å²) in [7, 11) is 0. The summed E-state index contributed by atoms with van der Waals surface area (Å²) in [5, 5.41) is 4.58. The Hall–Kier alpha value is -6.00. The molecule has 0 spiro atoms. The number of benzene rings is 6. The quantitative estimate of drug-likeness (QED) is 0.214. The molecule has 0 unspecified atom stereocenters. The molecule has 9 rings (SSSR count). The number of para-hydroxylation sites is 2. The average Bonchev–Trinajstić information content (AvgIpc) is 3.64. The van der Waals surface area contributed by atoms with Crippen LogP contribution in [0, 0.1) is 0 Å². The van der Waals surface area contributed by atoms with Crippen molar-refractivity contribution in [3.05, 3.63) is 152 Å². The zero-order valence-electron chi connectivity index (χ0n) is 23.7.